The standard InChI is InChI=1S/C32H36N4O4S/c1-5-36-27-12-11-25(21-28(27)33(4)30(38)32(2,3)31(36)39)40-19-8-15-34(24-14-20-41-22-24)17-18-35-16-13-23-9-6-7-10-26(23)29(35)37/h6-7,9-14,16,20-22H,5,8,15,17-19H2,1-4H3. The van der Waals surface area contributed by atoms with Gasteiger partial charge in [0.25, 0.3) is 5.56 Å². The molecule has 2 aromatic carbocycles. The number of fused-ring (bicyclic) bond motifs is 2. The quantitative estimate of drug-likeness (QED) is 0.188. The molecule has 2 amide bonds. The van der Waals surface area contributed by atoms with Crippen molar-refractivity contribution in [2.45, 2.75) is 33.7 Å². The molecule has 0 radical (unpaired) electrons. The molecule has 0 saturated carbocycles. The molecule has 0 spiro atoms. The van der Waals surface area contributed by atoms with Crippen molar-refractivity contribution in [2.75, 3.05) is 48.0 Å². The average Bonchev–Trinajstić information content (AvgIpc) is 3.51. The fourth-order valence-corrected chi connectivity index (χ4v) is 6.02. The van der Waals surface area contributed by atoms with E-state index in [2.05, 4.69) is 21.7 Å². The Labute approximate surface area is 244 Å². The molecular weight excluding hydrogens is 536 g/mol. The fourth-order valence-electron chi connectivity index (χ4n) is 5.36. The highest BCUT2D eigenvalue weighted by Gasteiger charge is 2.45. The van der Waals surface area contributed by atoms with Gasteiger partial charge in [-0.1, -0.05) is 18.2 Å². The lowest BCUT2D eigenvalue weighted by molar-refractivity contribution is -0.137. The van der Waals surface area contributed by atoms with Crippen LogP contribution in [0.15, 0.2) is 76.3 Å². The minimum atomic E-state index is -1.14. The Balaban J connectivity index is 1.25. The van der Waals surface area contributed by atoms with Gasteiger partial charge in [-0.05, 0) is 68.3 Å². The van der Waals surface area contributed by atoms with Crippen LogP contribution >= 0.6 is 11.3 Å². The zero-order valence-electron chi connectivity index (χ0n) is 24.0. The predicted molar refractivity (Wildman–Crippen MR) is 167 cm³/mol. The number of hydrogen-bond acceptors (Lipinski definition) is 6. The Kier molecular flexibility index (Phi) is 8.17. The summed E-state index contributed by atoms with van der Waals surface area (Å²) in [4.78, 5) is 44.7. The highest BCUT2D eigenvalue weighted by Crippen LogP contribution is 2.40. The number of aromatic nitrogens is 1. The van der Waals surface area contributed by atoms with Crippen LogP contribution in [0.2, 0.25) is 0 Å². The average molecular weight is 573 g/mol. The van der Waals surface area contributed by atoms with E-state index in [4.69, 9.17) is 4.74 Å². The second-order valence-electron chi connectivity index (χ2n) is 10.8. The zero-order valence-corrected chi connectivity index (χ0v) is 24.8. The first-order valence-electron chi connectivity index (χ1n) is 13.9. The van der Waals surface area contributed by atoms with Crippen molar-refractivity contribution in [1.29, 1.82) is 0 Å². The van der Waals surface area contributed by atoms with E-state index in [1.165, 1.54) is 0 Å². The summed E-state index contributed by atoms with van der Waals surface area (Å²) >= 11 is 1.65. The Morgan fingerprint density at radius 1 is 0.951 bits per heavy atom. The number of ether oxygens (including phenoxy) is 1. The van der Waals surface area contributed by atoms with Gasteiger partial charge in [0, 0.05) is 61.9 Å². The number of nitrogens with zero attached hydrogens (tertiary/aromatic N) is 4. The summed E-state index contributed by atoms with van der Waals surface area (Å²) in [6, 6.07) is 17.3. The summed E-state index contributed by atoms with van der Waals surface area (Å²) in [7, 11) is 1.71. The van der Waals surface area contributed by atoms with Crippen LogP contribution in [0.5, 0.6) is 5.75 Å². The summed E-state index contributed by atoms with van der Waals surface area (Å²) < 4.78 is 7.90. The van der Waals surface area contributed by atoms with Crippen molar-refractivity contribution >= 4 is 51.0 Å². The van der Waals surface area contributed by atoms with Crippen LogP contribution in [0.25, 0.3) is 10.8 Å². The van der Waals surface area contributed by atoms with E-state index >= 15 is 0 Å². The number of amides is 2. The Bertz CT molecular complexity index is 1610. The Morgan fingerprint density at radius 2 is 1.76 bits per heavy atom. The van der Waals surface area contributed by atoms with Gasteiger partial charge in [-0.15, -0.1) is 0 Å². The number of rotatable bonds is 10. The van der Waals surface area contributed by atoms with E-state index in [1.54, 1.807) is 46.6 Å². The third-order valence-corrected chi connectivity index (χ3v) is 8.41. The first kappa shape index (κ1) is 28.4. The van der Waals surface area contributed by atoms with E-state index in [0.29, 0.717) is 43.4 Å². The van der Waals surface area contributed by atoms with Crippen LogP contribution in [0.1, 0.15) is 27.2 Å². The van der Waals surface area contributed by atoms with Crippen LogP contribution in [-0.2, 0) is 16.1 Å². The normalized spacial score (nSPS) is 14.7. The lowest BCUT2D eigenvalue weighted by Gasteiger charge is -2.27. The van der Waals surface area contributed by atoms with Gasteiger partial charge >= 0.3 is 0 Å². The third-order valence-electron chi connectivity index (χ3n) is 7.74. The molecule has 41 heavy (non-hydrogen) atoms. The number of benzene rings is 2. The van der Waals surface area contributed by atoms with E-state index < -0.39 is 5.41 Å². The molecule has 0 saturated heterocycles. The zero-order chi connectivity index (χ0) is 29.1. The first-order chi connectivity index (χ1) is 19.7. The van der Waals surface area contributed by atoms with Crippen molar-refractivity contribution in [1.82, 2.24) is 4.57 Å². The maximum Gasteiger partial charge on any atom is 0.258 e. The number of carbonyl (C=O) groups is 2. The van der Waals surface area contributed by atoms with Gasteiger partial charge in [0.1, 0.15) is 11.2 Å². The summed E-state index contributed by atoms with van der Waals surface area (Å²) in [6.45, 7) is 8.24. The number of hydrogen-bond donors (Lipinski definition) is 0. The van der Waals surface area contributed by atoms with Crippen LogP contribution in [0.4, 0.5) is 17.1 Å². The molecule has 0 N–H and O–H groups in total. The van der Waals surface area contributed by atoms with Gasteiger partial charge < -0.3 is 24.0 Å². The summed E-state index contributed by atoms with van der Waals surface area (Å²) in [5.74, 6) is 0.203. The van der Waals surface area contributed by atoms with Gasteiger partial charge in [0.15, 0.2) is 0 Å². The smallest absolute Gasteiger partial charge is 0.258 e. The molecule has 0 fully saturated rings. The van der Waals surface area contributed by atoms with E-state index in [-0.39, 0.29) is 17.4 Å². The van der Waals surface area contributed by atoms with Crippen LogP contribution in [0.3, 0.4) is 0 Å². The Morgan fingerprint density at radius 3 is 2.51 bits per heavy atom. The number of thiophene rings is 1. The molecule has 1 aliphatic rings. The maximum atomic E-state index is 13.1. The van der Waals surface area contributed by atoms with Gasteiger partial charge in [-0.2, -0.15) is 11.3 Å². The van der Waals surface area contributed by atoms with Crippen LogP contribution < -0.4 is 25.0 Å². The monoisotopic (exact) mass is 572 g/mol. The van der Waals surface area contributed by atoms with E-state index in [1.807, 2.05) is 61.7 Å². The SMILES string of the molecule is CCN1C(=O)C(C)(C)C(=O)N(C)c2cc(OCCCN(CCn3ccc4ccccc4c3=O)c3ccsc3)ccc21. The van der Waals surface area contributed by atoms with Gasteiger partial charge in [-0.3, -0.25) is 14.4 Å². The Hall–Kier alpha value is -4.11. The molecule has 0 bridgehead atoms. The summed E-state index contributed by atoms with van der Waals surface area (Å²) in [5.41, 5.74) is 1.37. The first-order valence-corrected chi connectivity index (χ1v) is 14.9. The van der Waals surface area contributed by atoms with Crippen molar-refractivity contribution in [2.24, 2.45) is 5.41 Å². The highest BCUT2D eigenvalue weighted by atomic mass is 32.1. The highest BCUT2D eigenvalue weighted by molar-refractivity contribution is 7.08. The lowest BCUT2D eigenvalue weighted by atomic mass is 9.90. The second kappa shape index (κ2) is 11.8. The third kappa shape index (κ3) is 5.59. The maximum absolute atomic E-state index is 13.1. The molecule has 5 rings (SSSR count). The number of pyridine rings is 1. The van der Waals surface area contributed by atoms with Gasteiger partial charge in [-0.25, -0.2) is 0 Å². The molecule has 9 heteroatoms. The van der Waals surface area contributed by atoms with Gasteiger partial charge in [0.05, 0.1) is 18.0 Å². The molecule has 2 aromatic heterocycles. The largest absolute Gasteiger partial charge is 0.493 e. The fraction of sp³-hybridized carbons (Fsp3) is 0.344. The molecule has 1 aliphatic heterocycles. The topological polar surface area (TPSA) is 75.1 Å². The van der Waals surface area contributed by atoms with Crippen molar-refractivity contribution in [3.63, 3.8) is 0 Å². The molecule has 0 aliphatic carbocycles. The van der Waals surface area contributed by atoms with Crippen LogP contribution in [0, 0.1) is 5.41 Å². The molecule has 0 atom stereocenters. The van der Waals surface area contributed by atoms with Gasteiger partial charge in [0.2, 0.25) is 11.8 Å². The molecular formula is C32H36N4O4S. The molecule has 0 unspecified atom stereocenters. The van der Waals surface area contributed by atoms with E-state index in [9.17, 15) is 14.4 Å². The van der Waals surface area contributed by atoms with Crippen molar-refractivity contribution < 1.29 is 14.3 Å². The minimum Gasteiger partial charge on any atom is -0.493 e. The number of anilines is 3. The second-order valence-corrected chi connectivity index (χ2v) is 11.5. The minimum absolute atomic E-state index is 0.0232. The summed E-state index contributed by atoms with van der Waals surface area (Å²) in [6.07, 6.45) is 2.63. The molecule has 8 nitrogen and oxygen atoms in total. The van der Waals surface area contributed by atoms with Crippen molar-refractivity contribution in [3.05, 3.63) is 81.9 Å². The summed E-state index contributed by atoms with van der Waals surface area (Å²) in [5, 5.41) is 5.85. The molecule has 214 valence electrons. The lowest BCUT2D eigenvalue weighted by Crippen LogP contribution is -2.47. The molecule has 3 heterocycles. The number of carbonyl (C=O) groups excluding carboxylic acids is 2. The van der Waals surface area contributed by atoms with Crippen molar-refractivity contribution in [3.8, 4) is 5.75 Å². The molecule has 4 aromatic rings. The predicted octanol–water partition coefficient (Wildman–Crippen LogP) is 5.39. The van der Waals surface area contributed by atoms with Crippen LogP contribution in [-0.4, -0.2) is 49.7 Å². The van der Waals surface area contributed by atoms with E-state index in [0.717, 1.165) is 29.4 Å².